The molecule has 22 heavy (non-hydrogen) atoms. The smallest absolute Gasteiger partial charge is 0.352 e. The van der Waals surface area contributed by atoms with Crippen LogP contribution in [0.5, 0.6) is 0 Å². The van der Waals surface area contributed by atoms with Gasteiger partial charge in [-0.3, -0.25) is 4.79 Å². The van der Waals surface area contributed by atoms with Gasteiger partial charge in [0.1, 0.15) is 5.69 Å². The minimum Gasteiger partial charge on any atom is -0.477 e. The van der Waals surface area contributed by atoms with E-state index in [9.17, 15) is 14.7 Å². The van der Waals surface area contributed by atoms with Crippen molar-refractivity contribution in [2.75, 3.05) is 0 Å². The van der Waals surface area contributed by atoms with Crippen molar-refractivity contribution in [2.45, 2.75) is 46.6 Å². The van der Waals surface area contributed by atoms with Crippen molar-refractivity contribution in [3.8, 4) is 0 Å². The second kappa shape index (κ2) is 5.54. The average molecular weight is 319 g/mol. The molecular formula is C17H21NO3S. The maximum absolute atomic E-state index is 12.9. The zero-order valence-corrected chi connectivity index (χ0v) is 14.0. The molecule has 1 aliphatic carbocycles. The van der Waals surface area contributed by atoms with Crippen molar-refractivity contribution in [1.29, 1.82) is 0 Å². The lowest BCUT2D eigenvalue weighted by atomic mass is 9.89. The SMILES string of the molecule is CC(C)Cn1c(C(=O)O)cc2sc3c(c2c1=O)CCC(C)C3. The number of rotatable bonds is 3. The van der Waals surface area contributed by atoms with Crippen LogP contribution in [-0.2, 0) is 19.4 Å². The lowest BCUT2D eigenvalue weighted by Crippen LogP contribution is -2.28. The summed E-state index contributed by atoms with van der Waals surface area (Å²) >= 11 is 1.60. The number of carbonyl (C=O) groups is 1. The number of fused-ring (bicyclic) bond motifs is 3. The van der Waals surface area contributed by atoms with Crippen LogP contribution in [0.25, 0.3) is 10.1 Å². The van der Waals surface area contributed by atoms with Gasteiger partial charge >= 0.3 is 5.97 Å². The van der Waals surface area contributed by atoms with Gasteiger partial charge in [0, 0.05) is 16.1 Å². The highest BCUT2D eigenvalue weighted by Gasteiger charge is 2.25. The topological polar surface area (TPSA) is 59.3 Å². The molecule has 118 valence electrons. The fourth-order valence-electron chi connectivity index (χ4n) is 3.28. The molecule has 2 aromatic rings. The number of pyridine rings is 1. The van der Waals surface area contributed by atoms with Gasteiger partial charge in [-0.2, -0.15) is 0 Å². The molecule has 0 radical (unpaired) electrons. The summed E-state index contributed by atoms with van der Waals surface area (Å²) in [6.45, 7) is 6.66. The third-order valence-electron chi connectivity index (χ3n) is 4.32. The average Bonchev–Trinajstić information content (AvgIpc) is 2.78. The molecule has 0 aliphatic heterocycles. The fraction of sp³-hybridized carbons (Fsp3) is 0.529. The van der Waals surface area contributed by atoms with E-state index in [4.69, 9.17) is 0 Å². The highest BCUT2D eigenvalue weighted by molar-refractivity contribution is 7.19. The number of aromatic nitrogens is 1. The minimum atomic E-state index is -1.03. The van der Waals surface area contributed by atoms with E-state index in [2.05, 4.69) is 6.92 Å². The maximum atomic E-state index is 12.9. The summed E-state index contributed by atoms with van der Waals surface area (Å²) in [5, 5.41) is 10.2. The second-order valence-electron chi connectivity index (χ2n) is 6.74. The Kier molecular flexibility index (Phi) is 3.85. The summed E-state index contributed by atoms with van der Waals surface area (Å²) in [7, 11) is 0. The minimum absolute atomic E-state index is 0.109. The van der Waals surface area contributed by atoms with Crippen LogP contribution in [0.4, 0.5) is 0 Å². The lowest BCUT2D eigenvalue weighted by molar-refractivity contribution is 0.0683. The van der Waals surface area contributed by atoms with Crippen LogP contribution < -0.4 is 5.56 Å². The predicted octanol–water partition coefficient (Wildman–Crippen LogP) is 3.54. The van der Waals surface area contributed by atoms with E-state index in [1.54, 1.807) is 17.4 Å². The molecule has 1 N–H and O–H groups in total. The van der Waals surface area contributed by atoms with Crippen LogP contribution in [-0.4, -0.2) is 15.6 Å². The molecule has 5 heteroatoms. The van der Waals surface area contributed by atoms with Crippen LogP contribution >= 0.6 is 11.3 Å². The Morgan fingerprint density at radius 2 is 2.23 bits per heavy atom. The van der Waals surface area contributed by atoms with Crippen molar-refractivity contribution in [3.63, 3.8) is 0 Å². The summed E-state index contributed by atoms with van der Waals surface area (Å²) in [5.41, 5.74) is 1.14. The molecule has 2 heterocycles. The van der Waals surface area contributed by atoms with E-state index in [-0.39, 0.29) is 17.2 Å². The molecule has 1 aliphatic rings. The molecule has 0 amide bonds. The molecule has 0 fully saturated rings. The quantitative estimate of drug-likeness (QED) is 0.941. The highest BCUT2D eigenvalue weighted by Crippen LogP contribution is 2.36. The third kappa shape index (κ3) is 2.47. The van der Waals surface area contributed by atoms with E-state index in [1.807, 2.05) is 13.8 Å². The number of nitrogens with zero attached hydrogens (tertiary/aromatic N) is 1. The van der Waals surface area contributed by atoms with Gasteiger partial charge in [-0.15, -0.1) is 11.3 Å². The zero-order valence-electron chi connectivity index (χ0n) is 13.2. The Morgan fingerprint density at radius 1 is 1.50 bits per heavy atom. The number of carboxylic acid groups (broad SMARTS) is 1. The van der Waals surface area contributed by atoms with Gasteiger partial charge in [-0.1, -0.05) is 20.8 Å². The Bertz CT molecular complexity index is 800. The van der Waals surface area contributed by atoms with E-state index in [1.165, 1.54) is 9.44 Å². The summed E-state index contributed by atoms with van der Waals surface area (Å²) in [5.74, 6) is -0.167. The maximum Gasteiger partial charge on any atom is 0.352 e. The number of hydrogen-bond acceptors (Lipinski definition) is 3. The summed E-state index contributed by atoms with van der Waals surface area (Å²) in [6, 6.07) is 1.69. The molecule has 0 spiro atoms. The molecule has 1 unspecified atom stereocenters. The molecule has 0 saturated carbocycles. The Balaban J connectivity index is 2.29. The van der Waals surface area contributed by atoms with Gasteiger partial charge in [0.15, 0.2) is 0 Å². The van der Waals surface area contributed by atoms with Crippen LogP contribution in [0.15, 0.2) is 10.9 Å². The monoisotopic (exact) mass is 319 g/mol. The first kappa shape index (κ1) is 15.3. The third-order valence-corrected chi connectivity index (χ3v) is 5.52. The Labute approximate surface area is 133 Å². The van der Waals surface area contributed by atoms with Crippen LogP contribution in [0, 0.1) is 11.8 Å². The van der Waals surface area contributed by atoms with Crippen LogP contribution in [0.3, 0.4) is 0 Å². The molecule has 0 saturated heterocycles. The van der Waals surface area contributed by atoms with Crippen LogP contribution in [0.1, 0.15) is 48.1 Å². The number of aromatic carboxylic acids is 1. The first-order chi connectivity index (χ1) is 10.4. The molecule has 2 aromatic heterocycles. The summed E-state index contributed by atoms with van der Waals surface area (Å²) in [4.78, 5) is 25.7. The van der Waals surface area contributed by atoms with Gasteiger partial charge in [-0.25, -0.2) is 4.79 Å². The van der Waals surface area contributed by atoms with Crippen molar-refractivity contribution < 1.29 is 9.90 Å². The van der Waals surface area contributed by atoms with Crippen molar-refractivity contribution in [3.05, 3.63) is 32.6 Å². The summed E-state index contributed by atoms with van der Waals surface area (Å²) < 4.78 is 2.28. The molecule has 1 atom stereocenters. The molecule has 4 nitrogen and oxygen atoms in total. The molecule has 0 bridgehead atoms. The van der Waals surface area contributed by atoms with Crippen molar-refractivity contribution in [2.24, 2.45) is 11.8 Å². The highest BCUT2D eigenvalue weighted by atomic mass is 32.1. The van der Waals surface area contributed by atoms with Crippen molar-refractivity contribution in [1.82, 2.24) is 4.57 Å². The number of thiophene rings is 1. The van der Waals surface area contributed by atoms with E-state index in [0.717, 1.165) is 34.9 Å². The molecular weight excluding hydrogens is 298 g/mol. The summed E-state index contributed by atoms with van der Waals surface area (Å²) in [6.07, 6.45) is 3.03. The zero-order chi connectivity index (χ0) is 16.0. The van der Waals surface area contributed by atoms with Crippen LogP contribution in [0.2, 0.25) is 0 Å². The molecule has 0 aromatic carbocycles. The Hall–Kier alpha value is -1.62. The van der Waals surface area contributed by atoms with E-state index in [0.29, 0.717) is 12.5 Å². The normalized spacial score (nSPS) is 17.9. The number of aryl methyl sites for hydroxylation is 1. The standard InChI is InChI=1S/C17H21NO3S/c1-9(2)8-18-12(17(20)21)7-14-15(16(18)19)11-5-4-10(3)6-13(11)22-14/h7,9-10H,4-6,8H2,1-3H3,(H,20,21). The van der Waals surface area contributed by atoms with Gasteiger partial charge in [0.2, 0.25) is 0 Å². The largest absolute Gasteiger partial charge is 0.477 e. The first-order valence-corrected chi connectivity index (χ1v) is 8.61. The number of hydrogen-bond donors (Lipinski definition) is 1. The fourth-order valence-corrected chi connectivity index (χ4v) is 4.72. The van der Waals surface area contributed by atoms with E-state index < -0.39 is 5.97 Å². The van der Waals surface area contributed by atoms with Gasteiger partial charge in [0.05, 0.1) is 5.39 Å². The first-order valence-electron chi connectivity index (χ1n) is 7.79. The lowest BCUT2D eigenvalue weighted by Gasteiger charge is -2.18. The molecule has 3 rings (SSSR count). The Morgan fingerprint density at radius 3 is 2.86 bits per heavy atom. The number of carboxylic acids is 1. The van der Waals surface area contributed by atoms with E-state index >= 15 is 0 Å². The van der Waals surface area contributed by atoms with Gasteiger partial charge < -0.3 is 9.67 Å². The second-order valence-corrected chi connectivity index (χ2v) is 7.87. The predicted molar refractivity (Wildman–Crippen MR) is 89.1 cm³/mol. The van der Waals surface area contributed by atoms with Crippen molar-refractivity contribution >= 4 is 27.4 Å². The van der Waals surface area contributed by atoms with Gasteiger partial charge in [-0.05, 0) is 42.7 Å². The van der Waals surface area contributed by atoms with Gasteiger partial charge in [0.25, 0.3) is 5.56 Å².